The largest absolute Gasteiger partial charge is 0.496 e. The molecule has 6 heteroatoms. The fourth-order valence-electron chi connectivity index (χ4n) is 2.33. The first-order chi connectivity index (χ1) is 11.5. The quantitative estimate of drug-likeness (QED) is 0.618. The van der Waals surface area contributed by atoms with Crippen molar-refractivity contribution in [1.29, 1.82) is 0 Å². The van der Waals surface area contributed by atoms with Crippen LogP contribution in [0.5, 0.6) is 11.5 Å². The van der Waals surface area contributed by atoms with E-state index in [0.717, 1.165) is 23.4 Å². The summed E-state index contributed by atoms with van der Waals surface area (Å²) < 4.78 is 10.5. The van der Waals surface area contributed by atoms with E-state index in [1.807, 2.05) is 18.2 Å². The number of hydrogen-bond acceptors (Lipinski definition) is 3. The molecule has 0 aliphatic carbocycles. The van der Waals surface area contributed by atoms with Gasteiger partial charge < -0.3 is 20.5 Å². The molecule has 0 unspecified atom stereocenters. The fourth-order valence-corrected chi connectivity index (χ4v) is 2.59. The highest BCUT2D eigenvalue weighted by atomic mass is 35.5. The maximum atomic E-state index is 6.09. The normalized spacial score (nSPS) is 11.2. The first kappa shape index (κ1) is 17.9. The van der Waals surface area contributed by atoms with Gasteiger partial charge in [0.1, 0.15) is 11.5 Å². The molecule has 0 radical (unpaired) electrons. The highest BCUT2D eigenvalue weighted by Crippen LogP contribution is 2.27. The van der Waals surface area contributed by atoms with Crippen LogP contribution in [-0.2, 0) is 6.42 Å². The van der Waals surface area contributed by atoms with Crippen molar-refractivity contribution in [3.05, 3.63) is 52.5 Å². The number of benzene rings is 2. The Labute approximate surface area is 147 Å². The van der Waals surface area contributed by atoms with Crippen LogP contribution < -0.4 is 20.5 Å². The molecule has 0 amide bonds. The third-order valence-corrected chi connectivity index (χ3v) is 3.82. The predicted octanol–water partition coefficient (Wildman–Crippen LogP) is 3.63. The number of aliphatic imine (C=N–C) groups is 1. The summed E-state index contributed by atoms with van der Waals surface area (Å²) in [6, 6.07) is 11.4. The van der Waals surface area contributed by atoms with E-state index in [0.29, 0.717) is 23.3 Å². The molecule has 0 fully saturated rings. The van der Waals surface area contributed by atoms with Crippen LogP contribution in [0.1, 0.15) is 11.1 Å². The SMILES string of the molecule is COc1ccc(NC(N)=NCCc2cc(C)ccc2OC)cc1Cl. The van der Waals surface area contributed by atoms with Gasteiger partial charge in [-0.05, 0) is 43.2 Å². The lowest BCUT2D eigenvalue weighted by molar-refractivity contribution is 0.409. The third-order valence-electron chi connectivity index (χ3n) is 3.52. The number of rotatable bonds is 6. The number of nitrogens with two attached hydrogens (primary N) is 1. The van der Waals surface area contributed by atoms with Crippen molar-refractivity contribution >= 4 is 23.2 Å². The van der Waals surface area contributed by atoms with Gasteiger partial charge >= 0.3 is 0 Å². The van der Waals surface area contributed by atoms with E-state index in [-0.39, 0.29) is 0 Å². The second-order valence-corrected chi connectivity index (χ2v) is 5.71. The van der Waals surface area contributed by atoms with Gasteiger partial charge in [0.05, 0.1) is 19.2 Å². The molecule has 2 rings (SSSR count). The minimum absolute atomic E-state index is 0.336. The van der Waals surface area contributed by atoms with Crippen LogP contribution in [0, 0.1) is 6.92 Å². The van der Waals surface area contributed by atoms with Gasteiger partial charge in [-0.25, -0.2) is 0 Å². The molecule has 24 heavy (non-hydrogen) atoms. The lowest BCUT2D eigenvalue weighted by Crippen LogP contribution is -2.23. The summed E-state index contributed by atoms with van der Waals surface area (Å²) in [6.07, 6.45) is 0.747. The van der Waals surface area contributed by atoms with Crippen LogP contribution in [0.3, 0.4) is 0 Å². The molecular weight excluding hydrogens is 326 g/mol. The predicted molar refractivity (Wildman–Crippen MR) is 99.6 cm³/mol. The van der Waals surface area contributed by atoms with Crippen molar-refractivity contribution in [2.24, 2.45) is 10.7 Å². The Morgan fingerprint density at radius 3 is 2.50 bits per heavy atom. The molecule has 0 aliphatic heterocycles. The Morgan fingerprint density at radius 1 is 1.12 bits per heavy atom. The van der Waals surface area contributed by atoms with Crippen LogP contribution >= 0.6 is 11.6 Å². The number of guanidine groups is 1. The van der Waals surface area contributed by atoms with Crippen LogP contribution in [0.25, 0.3) is 0 Å². The second kappa shape index (κ2) is 8.45. The second-order valence-electron chi connectivity index (χ2n) is 5.31. The molecule has 128 valence electrons. The number of ether oxygens (including phenoxy) is 2. The van der Waals surface area contributed by atoms with Crippen LogP contribution in [0.4, 0.5) is 5.69 Å². The lowest BCUT2D eigenvalue weighted by Gasteiger charge is -2.10. The van der Waals surface area contributed by atoms with Crippen molar-refractivity contribution in [2.75, 3.05) is 26.1 Å². The number of methoxy groups -OCH3 is 2. The molecule has 0 aromatic heterocycles. The average Bonchev–Trinajstić information content (AvgIpc) is 2.55. The van der Waals surface area contributed by atoms with Crippen LogP contribution in [0.15, 0.2) is 41.4 Å². The topological polar surface area (TPSA) is 68.9 Å². The maximum Gasteiger partial charge on any atom is 0.193 e. The number of aryl methyl sites for hydroxylation is 1. The molecule has 2 aromatic rings. The summed E-state index contributed by atoms with van der Waals surface area (Å²) in [4.78, 5) is 4.35. The zero-order chi connectivity index (χ0) is 17.5. The first-order valence-electron chi connectivity index (χ1n) is 7.57. The van der Waals surface area contributed by atoms with Crippen molar-refractivity contribution in [3.63, 3.8) is 0 Å². The molecule has 5 nitrogen and oxygen atoms in total. The van der Waals surface area contributed by atoms with Crippen molar-refractivity contribution < 1.29 is 9.47 Å². The number of hydrogen-bond donors (Lipinski definition) is 2. The smallest absolute Gasteiger partial charge is 0.193 e. The Kier molecular flexibility index (Phi) is 6.32. The average molecular weight is 348 g/mol. The highest BCUT2D eigenvalue weighted by Gasteiger charge is 2.04. The van der Waals surface area contributed by atoms with Gasteiger partial charge in [-0.15, -0.1) is 0 Å². The molecule has 0 bridgehead atoms. The van der Waals surface area contributed by atoms with Gasteiger partial charge in [-0.3, -0.25) is 4.99 Å². The number of halogens is 1. The summed E-state index contributed by atoms with van der Waals surface area (Å²) in [5, 5.41) is 3.53. The Morgan fingerprint density at radius 2 is 1.83 bits per heavy atom. The van der Waals surface area contributed by atoms with E-state index in [1.165, 1.54) is 5.56 Å². The van der Waals surface area contributed by atoms with Crippen molar-refractivity contribution in [3.8, 4) is 11.5 Å². The molecule has 0 atom stereocenters. The van der Waals surface area contributed by atoms with Gasteiger partial charge in [0.15, 0.2) is 5.96 Å². The summed E-state index contributed by atoms with van der Waals surface area (Å²) in [5.41, 5.74) is 8.98. The number of anilines is 1. The van der Waals surface area contributed by atoms with Crippen LogP contribution in [0.2, 0.25) is 5.02 Å². The number of nitrogens with zero attached hydrogens (tertiary/aromatic N) is 1. The summed E-state index contributed by atoms with van der Waals surface area (Å²) in [6.45, 7) is 2.61. The first-order valence-corrected chi connectivity index (χ1v) is 7.95. The van der Waals surface area contributed by atoms with E-state index in [4.69, 9.17) is 26.8 Å². The maximum absolute atomic E-state index is 6.09. The van der Waals surface area contributed by atoms with E-state index in [2.05, 4.69) is 23.3 Å². The zero-order valence-electron chi connectivity index (χ0n) is 14.1. The monoisotopic (exact) mass is 347 g/mol. The fraction of sp³-hybridized carbons (Fsp3) is 0.278. The zero-order valence-corrected chi connectivity index (χ0v) is 14.9. The van der Waals surface area contributed by atoms with Gasteiger partial charge in [0.25, 0.3) is 0 Å². The molecule has 2 aromatic carbocycles. The molecule has 0 aliphatic rings. The summed E-state index contributed by atoms with van der Waals surface area (Å²) in [7, 11) is 3.24. The van der Waals surface area contributed by atoms with Gasteiger partial charge in [-0.1, -0.05) is 29.3 Å². The van der Waals surface area contributed by atoms with E-state index in [9.17, 15) is 0 Å². The van der Waals surface area contributed by atoms with Gasteiger partial charge in [0.2, 0.25) is 0 Å². The molecule has 0 spiro atoms. The minimum atomic E-state index is 0.336. The Bertz CT molecular complexity index is 732. The van der Waals surface area contributed by atoms with Crippen molar-refractivity contribution in [2.45, 2.75) is 13.3 Å². The molecule has 0 saturated heterocycles. The third kappa shape index (κ3) is 4.80. The Balaban J connectivity index is 1.97. The lowest BCUT2D eigenvalue weighted by atomic mass is 10.1. The van der Waals surface area contributed by atoms with Crippen LogP contribution in [-0.4, -0.2) is 26.7 Å². The standard InChI is InChI=1S/C18H22ClN3O2/c1-12-4-6-16(23-2)13(10-12)8-9-21-18(20)22-14-5-7-17(24-3)15(19)11-14/h4-7,10-11H,8-9H2,1-3H3,(H3,20,21,22). The summed E-state index contributed by atoms with van der Waals surface area (Å²) in [5.74, 6) is 1.82. The molecular formula is C18H22ClN3O2. The molecule has 3 N–H and O–H groups in total. The van der Waals surface area contributed by atoms with E-state index >= 15 is 0 Å². The van der Waals surface area contributed by atoms with Gasteiger partial charge in [0, 0.05) is 12.2 Å². The molecule has 0 saturated carbocycles. The highest BCUT2D eigenvalue weighted by molar-refractivity contribution is 6.32. The minimum Gasteiger partial charge on any atom is -0.496 e. The van der Waals surface area contributed by atoms with E-state index in [1.54, 1.807) is 26.4 Å². The number of nitrogens with one attached hydrogen (secondary N) is 1. The van der Waals surface area contributed by atoms with E-state index < -0.39 is 0 Å². The summed E-state index contributed by atoms with van der Waals surface area (Å²) >= 11 is 6.09. The molecule has 0 heterocycles. The Hall–Kier alpha value is -2.40. The van der Waals surface area contributed by atoms with Gasteiger partial charge in [-0.2, -0.15) is 0 Å². The van der Waals surface area contributed by atoms with Crippen molar-refractivity contribution in [1.82, 2.24) is 0 Å².